The van der Waals surface area contributed by atoms with Crippen molar-refractivity contribution < 1.29 is 8.42 Å². The molecule has 0 amide bonds. The lowest BCUT2D eigenvalue weighted by Gasteiger charge is -2.26. The lowest BCUT2D eigenvalue weighted by Crippen LogP contribution is -2.42. The second-order valence-electron chi connectivity index (χ2n) is 4.77. The van der Waals surface area contributed by atoms with Gasteiger partial charge in [-0.3, -0.25) is 0 Å². The van der Waals surface area contributed by atoms with E-state index in [-0.39, 0.29) is 12.1 Å². The van der Waals surface area contributed by atoms with Gasteiger partial charge in [0.25, 0.3) is 10.0 Å². The van der Waals surface area contributed by atoms with Crippen molar-refractivity contribution in [2.75, 3.05) is 13.1 Å². The predicted octanol–water partition coefficient (Wildman–Crippen LogP) is 1.92. The molecule has 7 heteroatoms. The summed E-state index contributed by atoms with van der Waals surface area (Å²) in [6, 6.07) is 3.51. The number of hydrogen-bond acceptors (Lipinski definition) is 4. The predicted molar refractivity (Wildman–Crippen MR) is 72.7 cm³/mol. The molecular formula is C11H15ClN2O2S2. The lowest BCUT2D eigenvalue weighted by atomic mass is 10.1. The fourth-order valence-electron chi connectivity index (χ4n) is 2.87. The molecule has 1 aromatic rings. The molecule has 0 spiro atoms. The standard InChI is InChI=1S/C11H15ClN2O2S2/c12-10-3-4-11(17-10)18(15,16)14-8-1-2-9(14)7-13-6-5-8/h3-4,8-9,13H,1-2,5-7H2. The first-order valence-corrected chi connectivity index (χ1v) is 8.72. The van der Waals surface area contributed by atoms with E-state index in [1.165, 1.54) is 0 Å². The van der Waals surface area contributed by atoms with Crippen LogP contribution >= 0.6 is 22.9 Å². The fraction of sp³-hybridized carbons (Fsp3) is 0.636. The highest BCUT2D eigenvalue weighted by molar-refractivity contribution is 7.91. The van der Waals surface area contributed by atoms with Crippen molar-refractivity contribution in [3.63, 3.8) is 0 Å². The van der Waals surface area contributed by atoms with E-state index in [4.69, 9.17) is 11.6 Å². The third-order valence-corrected chi connectivity index (χ3v) is 7.37. The van der Waals surface area contributed by atoms with Gasteiger partial charge in [-0.15, -0.1) is 11.3 Å². The van der Waals surface area contributed by atoms with Crippen LogP contribution in [0.1, 0.15) is 19.3 Å². The van der Waals surface area contributed by atoms with Crippen molar-refractivity contribution in [2.45, 2.75) is 35.6 Å². The summed E-state index contributed by atoms with van der Waals surface area (Å²) in [5, 5.41) is 3.31. The molecule has 3 heterocycles. The van der Waals surface area contributed by atoms with Gasteiger partial charge in [-0.2, -0.15) is 4.31 Å². The van der Waals surface area contributed by atoms with E-state index in [9.17, 15) is 8.42 Å². The minimum Gasteiger partial charge on any atom is -0.315 e. The van der Waals surface area contributed by atoms with Crippen molar-refractivity contribution in [3.8, 4) is 0 Å². The zero-order valence-corrected chi connectivity index (χ0v) is 12.2. The number of thiophene rings is 1. The first-order valence-electron chi connectivity index (χ1n) is 6.08. The Balaban J connectivity index is 1.98. The van der Waals surface area contributed by atoms with Gasteiger partial charge >= 0.3 is 0 Å². The number of hydrogen-bond donors (Lipinski definition) is 1. The Hall–Kier alpha value is -0.140. The first-order chi connectivity index (χ1) is 8.59. The SMILES string of the molecule is O=S(=O)(c1ccc(Cl)s1)N1C2CCNCC1CC2. The Bertz CT molecular complexity index is 529. The molecule has 0 aliphatic carbocycles. The average molecular weight is 307 g/mol. The Morgan fingerprint density at radius 2 is 2.06 bits per heavy atom. The van der Waals surface area contributed by atoms with Crippen molar-refractivity contribution in [1.82, 2.24) is 9.62 Å². The summed E-state index contributed by atoms with van der Waals surface area (Å²) in [5.74, 6) is 0. The maximum Gasteiger partial charge on any atom is 0.253 e. The lowest BCUT2D eigenvalue weighted by molar-refractivity contribution is 0.335. The van der Waals surface area contributed by atoms with Crippen LogP contribution in [0.15, 0.2) is 16.3 Å². The average Bonchev–Trinajstić information content (AvgIpc) is 2.82. The molecule has 2 saturated heterocycles. The summed E-state index contributed by atoms with van der Waals surface area (Å²) >= 11 is 6.99. The highest BCUT2D eigenvalue weighted by Gasteiger charge is 2.43. The van der Waals surface area contributed by atoms with Crippen molar-refractivity contribution in [2.24, 2.45) is 0 Å². The molecule has 2 unspecified atom stereocenters. The number of fused-ring (bicyclic) bond motifs is 2. The van der Waals surface area contributed by atoms with E-state index in [0.29, 0.717) is 8.55 Å². The van der Waals surface area contributed by atoms with Gasteiger partial charge in [0.1, 0.15) is 4.21 Å². The number of nitrogens with zero attached hydrogens (tertiary/aromatic N) is 1. The normalized spacial score (nSPS) is 29.4. The van der Waals surface area contributed by atoms with E-state index >= 15 is 0 Å². The summed E-state index contributed by atoms with van der Waals surface area (Å²) in [5.41, 5.74) is 0. The topological polar surface area (TPSA) is 49.4 Å². The smallest absolute Gasteiger partial charge is 0.253 e. The molecule has 2 aliphatic heterocycles. The highest BCUT2D eigenvalue weighted by atomic mass is 35.5. The third-order valence-electron chi connectivity index (χ3n) is 3.67. The minimum atomic E-state index is -3.37. The molecule has 1 aromatic heterocycles. The molecule has 2 atom stereocenters. The van der Waals surface area contributed by atoms with Crippen LogP contribution in [-0.2, 0) is 10.0 Å². The van der Waals surface area contributed by atoms with Crippen LogP contribution in [-0.4, -0.2) is 37.9 Å². The van der Waals surface area contributed by atoms with Gasteiger partial charge in [0.05, 0.1) is 4.34 Å². The van der Waals surface area contributed by atoms with Crippen molar-refractivity contribution in [3.05, 3.63) is 16.5 Å². The number of rotatable bonds is 2. The number of halogens is 1. The highest BCUT2D eigenvalue weighted by Crippen LogP contribution is 2.36. The molecule has 3 rings (SSSR count). The number of sulfonamides is 1. The van der Waals surface area contributed by atoms with E-state index < -0.39 is 10.0 Å². The second-order valence-corrected chi connectivity index (χ2v) is 8.56. The molecule has 18 heavy (non-hydrogen) atoms. The van der Waals surface area contributed by atoms with E-state index in [2.05, 4.69) is 5.32 Å². The van der Waals surface area contributed by atoms with Gasteiger partial charge < -0.3 is 5.32 Å². The zero-order valence-electron chi connectivity index (χ0n) is 9.80. The van der Waals surface area contributed by atoms with Crippen molar-refractivity contribution >= 4 is 33.0 Å². The summed E-state index contributed by atoms with van der Waals surface area (Å²) in [6.45, 7) is 1.66. The molecule has 2 bridgehead atoms. The molecule has 0 aromatic carbocycles. The molecule has 0 saturated carbocycles. The zero-order chi connectivity index (χ0) is 12.8. The Morgan fingerprint density at radius 3 is 2.78 bits per heavy atom. The van der Waals surface area contributed by atoms with Crippen LogP contribution in [0.5, 0.6) is 0 Å². The van der Waals surface area contributed by atoms with Crippen LogP contribution in [0.3, 0.4) is 0 Å². The molecule has 2 aliphatic rings. The first kappa shape index (κ1) is 12.9. The third kappa shape index (κ3) is 2.10. The van der Waals surface area contributed by atoms with E-state index in [0.717, 1.165) is 43.7 Å². The van der Waals surface area contributed by atoms with Gasteiger partial charge in [-0.1, -0.05) is 11.6 Å². The van der Waals surface area contributed by atoms with Gasteiger partial charge in [0.2, 0.25) is 0 Å². The summed E-state index contributed by atoms with van der Waals surface area (Å²) in [4.78, 5) is 0. The Morgan fingerprint density at radius 1 is 1.28 bits per heavy atom. The minimum absolute atomic E-state index is 0.100. The van der Waals surface area contributed by atoms with E-state index in [1.54, 1.807) is 16.4 Å². The van der Waals surface area contributed by atoms with Crippen LogP contribution in [0.25, 0.3) is 0 Å². The maximum absolute atomic E-state index is 12.7. The van der Waals surface area contributed by atoms with Gasteiger partial charge in [-0.05, 0) is 37.9 Å². The second kappa shape index (κ2) is 4.76. The van der Waals surface area contributed by atoms with Crippen molar-refractivity contribution in [1.29, 1.82) is 0 Å². The molecule has 4 nitrogen and oxygen atoms in total. The monoisotopic (exact) mass is 306 g/mol. The molecule has 2 fully saturated rings. The Kier molecular flexibility index (Phi) is 3.40. The summed E-state index contributed by atoms with van der Waals surface area (Å²) in [6.07, 6.45) is 2.83. The largest absolute Gasteiger partial charge is 0.315 e. The molecular weight excluding hydrogens is 292 g/mol. The summed E-state index contributed by atoms with van der Waals surface area (Å²) in [7, 11) is -3.37. The van der Waals surface area contributed by atoms with Gasteiger partial charge in [0, 0.05) is 18.6 Å². The molecule has 100 valence electrons. The maximum atomic E-state index is 12.7. The quantitative estimate of drug-likeness (QED) is 0.908. The van der Waals surface area contributed by atoms with Crippen LogP contribution < -0.4 is 5.32 Å². The molecule has 1 N–H and O–H groups in total. The summed E-state index contributed by atoms with van der Waals surface area (Å²) < 4.78 is 27.9. The fourth-order valence-corrected chi connectivity index (χ4v) is 6.36. The van der Waals surface area contributed by atoms with Gasteiger partial charge in [-0.25, -0.2) is 8.42 Å². The van der Waals surface area contributed by atoms with Crippen LogP contribution in [0.4, 0.5) is 0 Å². The van der Waals surface area contributed by atoms with Gasteiger partial charge in [0.15, 0.2) is 0 Å². The Labute approximate surface area is 116 Å². The number of nitrogens with one attached hydrogen (secondary N) is 1. The van der Waals surface area contributed by atoms with E-state index in [1.807, 2.05) is 0 Å². The van der Waals surface area contributed by atoms with Crippen LogP contribution in [0.2, 0.25) is 4.34 Å². The molecule has 0 radical (unpaired) electrons. The van der Waals surface area contributed by atoms with Crippen LogP contribution in [0, 0.1) is 0 Å².